The number of hydrogen-bond acceptors (Lipinski definition) is 6. The maximum Gasteiger partial charge on any atom is 0.416 e. The number of halogens is 4. The number of nitrogens with zero attached hydrogens (tertiary/aromatic N) is 2. The number of rotatable bonds is 3. The van der Waals surface area contributed by atoms with Crippen LogP contribution in [0, 0.1) is 0 Å². The van der Waals surface area contributed by atoms with E-state index in [0.717, 1.165) is 23.5 Å². The predicted molar refractivity (Wildman–Crippen MR) is 112 cm³/mol. The summed E-state index contributed by atoms with van der Waals surface area (Å²) >= 11 is 6.90. The Morgan fingerprint density at radius 2 is 1.91 bits per heavy atom. The molecule has 0 spiro atoms. The first-order chi connectivity index (χ1) is 15.2. The van der Waals surface area contributed by atoms with Crippen molar-refractivity contribution in [3.05, 3.63) is 52.5 Å². The number of amides is 2. The summed E-state index contributed by atoms with van der Waals surface area (Å²) in [6.45, 7) is 1.49. The highest BCUT2D eigenvalue weighted by atomic mass is 35.5. The highest BCUT2D eigenvalue weighted by Crippen LogP contribution is 2.34. The molecule has 0 bridgehead atoms. The second-order valence-electron chi connectivity index (χ2n) is 6.76. The topological polar surface area (TPSA) is 80.8 Å². The average molecular weight is 486 g/mol. The summed E-state index contributed by atoms with van der Waals surface area (Å²) in [5.74, 6) is -0.684. The van der Waals surface area contributed by atoms with Crippen molar-refractivity contribution in [2.75, 3.05) is 31.6 Å². The fourth-order valence-corrected chi connectivity index (χ4v) is 4.06. The highest BCUT2D eigenvalue weighted by Gasteiger charge is 2.31. The summed E-state index contributed by atoms with van der Waals surface area (Å²) in [7, 11) is 0. The number of morpholine rings is 1. The van der Waals surface area contributed by atoms with Gasteiger partial charge in [-0.15, -0.1) is 0 Å². The van der Waals surface area contributed by atoms with E-state index in [4.69, 9.17) is 21.1 Å². The Balaban J connectivity index is 1.55. The van der Waals surface area contributed by atoms with Crippen molar-refractivity contribution in [1.82, 2.24) is 9.88 Å². The minimum atomic E-state index is -4.48. The maximum atomic E-state index is 12.9. The smallest absolute Gasteiger partial charge is 0.409 e. The monoisotopic (exact) mass is 485 g/mol. The van der Waals surface area contributed by atoms with Gasteiger partial charge in [0, 0.05) is 18.1 Å². The van der Waals surface area contributed by atoms with E-state index in [0.29, 0.717) is 31.8 Å². The normalized spacial score (nSPS) is 14.4. The standard InChI is InChI=1S/C20H15ClF3N3O4S/c21-12-2-4-15(31-19(29)27-5-7-30-8-6-27)13(10-12)17(28)26-18-25-14-3-1-11(20(22,23)24)9-16(14)32-18/h1-4,9-10H,5-8H2,(H,25,26,28). The molecule has 2 heterocycles. The molecular formula is C20H15ClF3N3O4S. The van der Waals surface area contributed by atoms with E-state index in [9.17, 15) is 22.8 Å². The Hall–Kier alpha value is -2.89. The van der Waals surface area contributed by atoms with Crippen LogP contribution >= 0.6 is 22.9 Å². The SMILES string of the molecule is O=C(Nc1nc2ccc(C(F)(F)F)cc2s1)c1cc(Cl)ccc1OC(=O)N1CCOCC1. The Morgan fingerprint density at radius 1 is 1.16 bits per heavy atom. The molecule has 3 aromatic rings. The molecule has 4 rings (SSSR count). The Morgan fingerprint density at radius 3 is 2.62 bits per heavy atom. The second kappa shape index (κ2) is 8.93. The quantitative estimate of drug-likeness (QED) is 0.561. The molecule has 0 radical (unpaired) electrons. The number of carbonyl (C=O) groups excluding carboxylic acids is 2. The van der Waals surface area contributed by atoms with Crippen LogP contribution in [0.25, 0.3) is 10.2 Å². The van der Waals surface area contributed by atoms with Gasteiger partial charge < -0.3 is 14.4 Å². The number of thiazole rings is 1. The molecule has 2 aromatic carbocycles. The third-order valence-corrected chi connectivity index (χ3v) is 5.76. The molecule has 1 fully saturated rings. The number of ether oxygens (including phenoxy) is 2. The van der Waals surface area contributed by atoms with Crippen LogP contribution in [-0.4, -0.2) is 48.2 Å². The van der Waals surface area contributed by atoms with Gasteiger partial charge in [-0.3, -0.25) is 10.1 Å². The minimum absolute atomic E-state index is 0.0103. The van der Waals surface area contributed by atoms with Crippen LogP contribution in [0.4, 0.5) is 23.1 Å². The number of anilines is 1. The van der Waals surface area contributed by atoms with Gasteiger partial charge in [0.05, 0.1) is 34.6 Å². The summed E-state index contributed by atoms with van der Waals surface area (Å²) in [5, 5.41) is 2.86. The first-order valence-electron chi connectivity index (χ1n) is 9.34. The molecule has 0 unspecified atom stereocenters. The third kappa shape index (κ3) is 4.95. The van der Waals surface area contributed by atoms with Crippen LogP contribution in [0.2, 0.25) is 5.02 Å². The van der Waals surface area contributed by atoms with Gasteiger partial charge >= 0.3 is 12.3 Å². The van der Waals surface area contributed by atoms with Crippen LogP contribution in [-0.2, 0) is 10.9 Å². The lowest BCUT2D eigenvalue weighted by atomic mass is 10.2. The highest BCUT2D eigenvalue weighted by molar-refractivity contribution is 7.22. The van der Waals surface area contributed by atoms with E-state index in [1.807, 2.05) is 0 Å². The van der Waals surface area contributed by atoms with E-state index in [1.54, 1.807) is 0 Å². The van der Waals surface area contributed by atoms with Gasteiger partial charge in [-0.2, -0.15) is 13.2 Å². The van der Waals surface area contributed by atoms with Gasteiger partial charge in [-0.05, 0) is 36.4 Å². The zero-order chi connectivity index (χ0) is 22.9. The molecule has 1 aliphatic rings. The zero-order valence-electron chi connectivity index (χ0n) is 16.2. The number of nitrogens with one attached hydrogen (secondary N) is 1. The molecule has 0 aliphatic carbocycles. The summed E-state index contributed by atoms with van der Waals surface area (Å²) < 4.78 is 49.6. The molecule has 168 valence electrons. The largest absolute Gasteiger partial charge is 0.416 e. The van der Waals surface area contributed by atoms with Gasteiger partial charge in [0.1, 0.15) is 5.75 Å². The molecule has 1 saturated heterocycles. The summed E-state index contributed by atoms with van der Waals surface area (Å²) in [4.78, 5) is 30.8. The van der Waals surface area contributed by atoms with Crippen molar-refractivity contribution in [3.8, 4) is 5.75 Å². The number of fused-ring (bicyclic) bond motifs is 1. The molecule has 32 heavy (non-hydrogen) atoms. The third-order valence-electron chi connectivity index (χ3n) is 4.59. The number of aromatic nitrogens is 1. The Kier molecular flexibility index (Phi) is 6.22. The Labute approximate surface area is 188 Å². The Bertz CT molecular complexity index is 1180. The van der Waals surface area contributed by atoms with Crippen molar-refractivity contribution in [3.63, 3.8) is 0 Å². The number of hydrogen-bond donors (Lipinski definition) is 1. The van der Waals surface area contributed by atoms with Crippen LogP contribution in [0.5, 0.6) is 5.75 Å². The molecule has 12 heteroatoms. The average Bonchev–Trinajstić information content (AvgIpc) is 3.16. The van der Waals surface area contributed by atoms with E-state index >= 15 is 0 Å². The van der Waals surface area contributed by atoms with E-state index in [-0.39, 0.29) is 26.2 Å². The first kappa shape index (κ1) is 22.3. The molecule has 0 saturated carbocycles. The van der Waals surface area contributed by atoms with Gasteiger partial charge in [0.2, 0.25) is 0 Å². The lowest BCUT2D eigenvalue weighted by Crippen LogP contribution is -2.42. The van der Waals surface area contributed by atoms with Gasteiger partial charge in [-0.1, -0.05) is 22.9 Å². The minimum Gasteiger partial charge on any atom is -0.409 e. The van der Waals surface area contributed by atoms with E-state index in [1.165, 1.54) is 29.2 Å². The van der Waals surface area contributed by atoms with E-state index in [2.05, 4.69) is 10.3 Å². The summed E-state index contributed by atoms with van der Waals surface area (Å²) in [6.07, 6.45) is -5.12. The maximum absolute atomic E-state index is 12.9. The molecule has 1 aromatic heterocycles. The van der Waals surface area contributed by atoms with Crippen LogP contribution in [0.3, 0.4) is 0 Å². The van der Waals surface area contributed by atoms with Crippen molar-refractivity contribution >= 4 is 50.3 Å². The molecular weight excluding hydrogens is 471 g/mol. The van der Waals surface area contributed by atoms with E-state index < -0.39 is 23.7 Å². The molecule has 1 N–H and O–H groups in total. The lowest BCUT2D eigenvalue weighted by molar-refractivity contribution is -0.137. The van der Waals surface area contributed by atoms with Crippen LogP contribution < -0.4 is 10.1 Å². The van der Waals surface area contributed by atoms with Gasteiger partial charge in [-0.25, -0.2) is 9.78 Å². The van der Waals surface area contributed by atoms with Gasteiger partial charge in [0.25, 0.3) is 5.91 Å². The fraction of sp³-hybridized carbons (Fsp3) is 0.250. The summed E-state index contributed by atoms with van der Waals surface area (Å²) in [5.41, 5.74) is -0.517. The molecule has 7 nitrogen and oxygen atoms in total. The van der Waals surface area contributed by atoms with Gasteiger partial charge in [0.15, 0.2) is 5.13 Å². The number of alkyl halides is 3. The van der Waals surface area contributed by atoms with Crippen LogP contribution in [0.15, 0.2) is 36.4 Å². The number of benzene rings is 2. The first-order valence-corrected chi connectivity index (χ1v) is 10.5. The zero-order valence-corrected chi connectivity index (χ0v) is 17.8. The van der Waals surface area contributed by atoms with Crippen molar-refractivity contribution < 1.29 is 32.2 Å². The van der Waals surface area contributed by atoms with Crippen LogP contribution in [0.1, 0.15) is 15.9 Å². The molecule has 2 amide bonds. The summed E-state index contributed by atoms with van der Waals surface area (Å²) in [6, 6.07) is 7.32. The van der Waals surface area contributed by atoms with Crippen molar-refractivity contribution in [1.29, 1.82) is 0 Å². The molecule has 1 aliphatic heterocycles. The van der Waals surface area contributed by atoms with Crippen molar-refractivity contribution in [2.45, 2.75) is 6.18 Å². The van der Waals surface area contributed by atoms with Crippen molar-refractivity contribution in [2.24, 2.45) is 0 Å². The second-order valence-corrected chi connectivity index (χ2v) is 8.23. The lowest BCUT2D eigenvalue weighted by Gasteiger charge is -2.26. The predicted octanol–water partition coefficient (Wildman–Crippen LogP) is 5.05. The fourth-order valence-electron chi connectivity index (χ4n) is 2.99. The number of carbonyl (C=O) groups is 2. The molecule has 0 atom stereocenters.